The Balaban J connectivity index is 1.85. The predicted molar refractivity (Wildman–Crippen MR) is 83.9 cm³/mol. The molecule has 0 radical (unpaired) electrons. The first-order chi connectivity index (χ1) is 10.6. The van der Waals surface area contributed by atoms with Gasteiger partial charge in [-0.05, 0) is 6.20 Å². The van der Waals surface area contributed by atoms with Crippen molar-refractivity contribution in [2.45, 2.75) is 6.42 Å². The molecular formula is C14H20N6O2. The van der Waals surface area contributed by atoms with Gasteiger partial charge in [-0.25, -0.2) is 9.78 Å². The monoisotopic (exact) mass is 304 g/mol. The normalized spacial score (nSPS) is 16.0. The molecule has 0 saturated carbocycles. The van der Waals surface area contributed by atoms with E-state index in [0.717, 1.165) is 30.7 Å². The molecule has 8 heteroatoms. The first-order valence-electron chi connectivity index (χ1n) is 7.34. The summed E-state index contributed by atoms with van der Waals surface area (Å²) in [5.74, 6) is 0.680. The Kier molecular flexibility index (Phi) is 3.84. The van der Waals surface area contributed by atoms with Crippen LogP contribution in [0.2, 0.25) is 0 Å². The van der Waals surface area contributed by atoms with Crippen LogP contribution in [0.1, 0.15) is 5.82 Å². The van der Waals surface area contributed by atoms with E-state index in [1.54, 1.807) is 7.05 Å². The number of nitrogens with zero attached hydrogens (tertiary/aromatic N) is 4. The van der Waals surface area contributed by atoms with Crippen molar-refractivity contribution in [2.75, 3.05) is 26.2 Å². The standard InChI is InChI=1S/C14H20N6O2/c1-18-12-11(13(21)19(2)14(18)22)16-10(17-12)4-3-7-20-8-5-15-6-9-20/h3,7,15H,4-6,8-9H2,1-2H3,(H,16,17). The fourth-order valence-electron chi connectivity index (χ4n) is 2.62. The van der Waals surface area contributed by atoms with Crippen molar-refractivity contribution in [3.63, 3.8) is 0 Å². The fraction of sp³-hybridized carbons (Fsp3) is 0.500. The van der Waals surface area contributed by atoms with E-state index in [1.165, 1.54) is 11.6 Å². The average molecular weight is 304 g/mol. The van der Waals surface area contributed by atoms with Crippen LogP contribution < -0.4 is 16.6 Å². The quantitative estimate of drug-likeness (QED) is 0.753. The van der Waals surface area contributed by atoms with Crippen LogP contribution in [0.15, 0.2) is 21.9 Å². The number of H-pyrrole nitrogens is 1. The molecular weight excluding hydrogens is 284 g/mol. The van der Waals surface area contributed by atoms with Gasteiger partial charge in [-0.1, -0.05) is 6.08 Å². The highest BCUT2D eigenvalue weighted by molar-refractivity contribution is 5.69. The van der Waals surface area contributed by atoms with Gasteiger partial charge in [-0.15, -0.1) is 0 Å². The molecule has 22 heavy (non-hydrogen) atoms. The van der Waals surface area contributed by atoms with Gasteiger partial charge >= 0.3 is 5.69 Å². The maximum Gasteiger partial charge on any atom is 0.332 e. The second-order valence-corrected chi connectivity index (χ2v) is 5.46. The minimum Gasteiger partial charge on any atom is -0.375 e. The Hall–Kier alpha value is -2.35. The van der Waals surface area contributed by atoms with Crippen LogP contribution in [0, 0.1) is 0 Å². The molecule has 0 atom stereocenters. The Morgan fingerprint density at radius 1 is 1.18 bits per heavy atom. The highest BCUT2D eigenvalue weighted by atomic mass is 16.2. The average Bonchev–Trinajstić information content (AvgIpc) is 2.96. The number of aryl methyl sites for hydroxylation is 1. The van der Waals surface area contributed by atoms with E-state index in [1.807, 2.05) is 6.08 Å². The molecule has 8 nitrogen and oxygen atoms in total. The summed E-state index contributed by atoms with van der Waals surface area (Å²) in [6, 6.07) is 0. The molecule has 3 rings (SSSR count). The maximum absolute atomic E-state index is 12.1. The van der Waals surface area contributed by atoms with Crippen LogP contribution in [0.25, 0.3) is 11.2 Å². The van der Waals surface area contributed by atoms with Crippen molar-refractivity contribution in [3.05, 3.63) is 38.9 Å². The summed E-state index contributed by atoms with van der Waals surface area (Å²) >= 11 is 0. The summed E-state index contributed by atoms with van der Waals surface area (Å²) in [7, 11) is 3.08. The van der Waals surface area contributed by atoms with Crippen LogP contribution in [0.3, 0.4) is 0 Å². The van der Waals surface area contributed by atoms with Gasteiger partial charge in [-0.2, -0.15) is 0 Å². The molecule has 2 N–H and O–H groups in total. The van der Waals surface area contributed by atoms with Gasteiger partial charge in [0.05, 0.1) is 0 Å². The first kappa shape index (κ1) is 14.6. The third-order valence-electron chi connectivity index (χ3n) is 3.92. The molecule has 0 amide bonds. The number of hydrogen-bond acceptors (Lipinski definition) is 5. The van der Waals surface area contributed by atoms with Gasteiger partial charge in [-0.3, -0.25) is 13.9 Å². The van der Waals surface area contributed by atoms with Crippen molar-refractivity contribution >= 4 is 11.2 Å². The molecule has 1 aliphatic heterocycles. The number of nitrogens with one attached hydrogen (secondary N) is 2. The SMILES string of the molecule is Cn1c(=O)c2[nH]c(CC=CN3CCNCC3)nc2n(C)c1=O. The van der Waals surface area contributed by atoms with Gasteiger partial charge < -0.3 is 15.2 Å². The Bertz CT molecular complexity index is 822. The Morgan fingerprint density at radius 2 is 1.91 bits per heavy atom. The van der Waals surface area contributed by atoms with Crippen molar-refractivity contribution in [1.29, 1.82) is 0 Å². The fourth-order valence-corrected chi connectivity index (χ4v) is 2.62. The molecule has 0 unspecified atom stereocenters. The maximum atomic E-state index is 12.1. The number of piperazine rings is 1. The number of rotatable bonds is 3. The van der Waals surface area contributed by atoms with E-state index >= 15 is 0 Å². The lowest BCUT2D eigenvalue weighted by molar-refractivity contribution is 0.323. The Labute approximate surface area is 127 Å². The number of imidazole rings is 1. The van der Waals surface area contributed by atoms with E-state index in [4.69, 9.17) is 0 Å². The molecule has 2 aromatic heterocycles. The van der Waals surface area contributed by atoms with Crippen molar-refractivity contribution in [1.82, 2.24) is 29.3 Å². The molecule has 1 aliphatic rings. The van der Waals surface area contributed by atoms with Gasteiger partial charge in [0.2, 0.25) is 0 Å². The second kappa shape index (κ2) is 5.80. The predicted octanol–water partition coefficient (Wildman–Crippen LogP) is -1.08. The lowest BCUT2D eigenvalue weighted by Gasteiger charge is -2.25. The van der Waals surface area contributed by atoms with Crippen LogP contribution in [0.5, 0.6) is 0 Å². The minimum atomic E-state index is -0.369. The zero-order chi connectivity index (χ0) is 15.7. The largest absolute Gasteiger partial charge is 0.375 e. The van der Waals surface area contributed by atoms with E-state index in [2.05, 4.69) is 26.4 Å². The molecule has 1 saturated heterocycles. The lowest BCUT2D eigenvalue weighted by atomic mass is 10.3. The topological polar surface area (TPSA) is 87.9 Å². The highest BCUT2D eigenvalue weighted by Gasteiger charge is 2.12. The van der Waals surface area contributed by atoms with Crippen molar-refractivity contribution < 1.29 is 0 Å². The number of fused-ring (bicyclic) bond motifs is 1. The molecule has 118 valence electrons. The number of aromatic nitrogens is 4. The van der Waals surface area contributed by atoms with E-state index in [-0.39, 0.29) is 11.2 Å². The third-order valence-corrected chi connectivity index (χ3v) is 3.92. The molecule has 0 aromatic carbocycles. The number of allylic oxidation sites excluding steroid dienone is 1. The van der Waals surface area contributed by atoms with Gasteiger partial charge in [0.15, 0.2) is 5.65 Å². The highest BCUT2D eigenvalue weighted by Crippen LogP contribution is 2.05. The van der Waals surface area contributed by atoms with Crippen LogP contribution in [0.4, 0.5) is 0 Å². The summed E-state index contributed by atoms with van der Waals surface area (Å²) in [5, 5.41) is 3.30. The van der Waals surface area contributed by atoms with Crippen LogP contribution in [-0.2, 0) is 20.5 Å². The third kappa shape index (κ3) is 2.57. The van der Waals surface area contributed by atoms with Crippen molar-refractivity contribution in [3.8, 4) is 0 Å². The summed E-state index contributed by atoms with van der Waals surface area (Å²) in [5.41, 5.74) is 0.0590. The summed E-state index contributed by atoms with van der Waals surface area (Å²) in [6.45, 7) is 3.97. The zero-order valence-electron chi connectivity index (χ0n) is 12.8. The van der Waals surface area contributed by atoms with E-state index < -0.39 is 0 Å². The van der Waals surface area contributed by atoms with Crippen LogP contribution >= 0.6 is 0 Å². The second-order valence-electron chi connectivity index (χ2n) is 5.46. The minimum absolute atomic E-state index is 0.345. The summed E-state index contributed by atoms with van der Waals surface area (Å²) in [4.78, 5) is 33.6. The summed E-state index contributed by atoms with van der Waals surface area (Å²) in [6.07, 6.45) is 4.67. The molecule has 0 aliphatic carbocycles. The lowest BCUT2D eigenvalue weighted by Crippen LogP contribution is -2.40. The van der Waals surface area contributed by atoms with Gasteiger partial charge in [0.1, 0.15) is 11.3 Å². The molecule has 2 aromatic rings. The molecule has 0 bridgehead atoms. The van der Waals surface area contributed by atoms with Gasteiger partial charge in [0.25, 0.3) is 5.56 Å². The molecule has 3 heterocycles. The first-order valence-corrected chi connectivity index (χ1v) is 7.34. The molecule has 0 spiro atoms. The van der Waals surface area contributed by atoms with Gasteiger partial charge in [0, 0.05) is 46.7 Å². The summed E-state index contributed by atoms with van der Waals surface area (Å²) < 4.78 is 2.47. The van der Waals surface area contributed by atoms with Crippen molar-refractivity contribution in [2.24, 2.45) is 14.1 Å². The zero-order valence-corrected chi connectivity index (χ0v) is 12.8. The number of aromatic amines is 1. The molecule has 1 fully saturated rings. The van der Waals surface area contributed by atoms with E-state index in [0.29, 0.717) is 23.4 Å². The van der Waals surface area contributed by atoms with Crippen LogP contribution in [-0.4, -0.2) is 50.2 Å². The smallest absolute Gasteiger partial charge is 0.332 e. The van der Waals surface area contributed by atoms with E-state index in [9.17, 15) is 9.59 Å². The number of hydrogen-bond donors (Lipinski definition) is 2. The Morgan fingerprint density at radius 3 is 2.64 bits per heavy atom.